The minimum atomic E-state index is -0.768. The standard InChI is InChI=1S/C23H29NO5/c1-5-19(25)18-10-11-20(15(2)21(18)26)28-14-17-8-6-16(7-9-17)12-13-23(3,4)29-22(24)27/h6-11,26H,5,12-14H2,1-4H3,(H2,24,27). The van der Waals surface area contributed by atoms with Crippen LogP contribution in [0.2, 0.25) is 0 Å². The molecule has 0 atom stereocenters. The number of hydrogen-bond donors (Lipinski definition) is 2. The van der Waals surface area contributed by atoms with Crippen LogP contribution >= 0.6 is 0 Å². The number of ether oxygens (including phenoxy) is 2. The predicted octanol–water partition coefficient (Wildman–Crippen LogP) is 4.68. The molecule has 6 heteroatoms. The number of rotatable bonds is 9. The molecular formula is C23H29NO5. The van der Waals surface area contributed by atoms with E-state index in [9.17, 15) is 14.7 Å². The fraction of sp³-hybridized carbons (Fsp3) is 0.391. The van der Waals surface area contributed by atoms with Gasteiger partial charge in [-0.15, -0.1) is 0 Å². The van der Waals surface area contributed by atoms with Gasteiger partial charge in [-0.1, -0.05) is 31.2 Å². The number of nitrogens with two attached hydrogens (primary N) is 1. The minimum absolute atomic E-state index is 0.0227. The maximum atomic E-state index is 11.8. The number of phenolic OH excluding ortho intramolecular Hbond substituents is 1. The van der Waals surface area contributed by atoms with E-state index in [2.05, 4.69) is 0 Å². The van der Waals surface area contributed by atoms with Crippen molar-refractivity contribution in [2.24, 2.45) is 5.73 Å². The number of primary amides is 1. The Morgan fingerprint density at radius 1 is 1.07 bits per heavy atom. The van der Waals surface area contributed by atoms with Crippen LogP contribution in [-0.2, 0) is 17.8 Å². The molecule has 0 fully saturated rings. The molecule has 1 amide bonds. The number of ketones is 1. The van der Waals surface area contributed by atoms with E-state index in [-0.39, 0.29) is 11.5 Å². The van der Waals surface area contributed by atoms with Gasteiger partial charge in [-0.25, -0.2) is 4.79 Å². The normalized spacial score (nSPS) is 11.2. The van der Waals surface area contributed by atoms with E-state index >= 15 is 0 Å². The van der Waals surface area contributed by atoms with Gasteiger partial charge in [0, 0.05) is 12.0 Å². The highest BCUT2D eigenvalue weighted by atomic mass is 16.6. The molecule has 3 N–H and O–H groups in total. The monoisotopic (exact) mass is 399 g/mol. The lowest BCUT2D eigenvalue weighted by Crippen LogP contribution is -2.31. The molecule has 0 aliphatic carbocycles. The average molecular weight is 399 g/mol. The van der Waals surface area contributed by atoms with Gasteiger partial charge >= 0.3 is 6.09 Å². The maximum absolute atomic E-state index is 11.8. The fourth-order valence-electron chi connectivity index (χ4n) is 2.99. The van der Waals surface area contributed by atoms with E-state index in [0.29, 0.717) is 36.3 Å². The molecule has 0 saturated carbocycles. The Morgan fingerprint density at radius 3 is 2.28 bits per heavy atom. The lowest BCUT2D eigenvalue weighted by atomic mass is 9.98. The summed E-state index contributed by atoms with van der Waals surface area (Å²) in [4.78, 5) is 22.8. The van der Waals surface area contributed by atoms with Crippen molar-refractivity contribution in [3.05, 3.63) is 58.7 Å². The molecule has 2 rings (SSSR count). The van der Waals surface area contributed by atoms with Gasteiger partial charge in [0.2, 0.25) is 0 Å². The first-order chi connectivity index (χ1) is 13.6. The third kappa shape index (κ3) is 6.24. The highest BCUT2D eigenvalue weighted by molar-refractivity contribution is 5.99. The number of Topliss-reactive ketones (excluding diaryl/α,β-unsaturated/α-hetero) is 1. The highest BCUT2D eigenvalue weighted by Gasteiger charge is 2.21. The minimum Gasteiger partial charge on any atom is -0.507 e. The van der Waals surface area contributed by atoms with Crippen LogP contribution in [0.1, 0.15) is 60.7 Å². The van der Waals surface area contributed by atoms with Gasteiger partial charge < -0.3 is 20.3 Å². The first kappa shape index (κ1) is 22.3. The largest absolute Gasteiger partial charge is 0.507 e. The zero-order chi connectivity index (χ0) is 21.6. The molecule has 0 bridgehead atoms. The van der Waals surface area contributed by atoms with Gasteiger partial charge in [-0.05, 0) is 56.9 Å². The van der Waals surface area contributed by atoms with Gasteiger partial charge in [0.1, 0.15) is 23.7 Å². The molecule has 0 spiro atoms. The number of hydrogen-bond acceptors (Lipinski definition) is 5. The second-order valence-electron chi connectivity index (χ2n) is 7.65. The fourth-order valence-corrected chi connectivity index (χ4v) is 2.99. The van der Waals surface area contributed by atoms with E-state index in [4.69, 9.17) is 15.2 Å². The second kappa shape index (κ2) is 9.45. The number of carbonyl (C=O) groups excluding carboxylic acids is 2. The Morgan fingerprint density at radius 2 is 1.69 bits per heavy atom. The number of aromatic hydroxyl groups is 1. The highest BCUT2D eigenvalue weighted by Crippen LogP contribution is 2.31. The summed E-state index contributed by atoms with van der Waals surface area (Å²) in [7, 11) is 0. The molecule has 0 saturated heterocycles. The molecule has 0 aliphatic heterocycles. The van der Waals surface area contributed by atoms with Crippen LogP contribution in [0.15, 0.2) is 36.4 Å². The summed E-state index contributed by atoms with van der Waals surface area (Å²) >= 11 is 0. The summed E-state index contributed by atoms with van der Waals surface area (Å²) in [6, 6.07) is 11.3. The lowest BCUT2D eigenvalue weighted by molar-refractivity contribution is 0.0394. The van der Waals surface area contributed by atoms with Gasteiger partial charge in [0.15, 0.2) is 5.78 Å². The number of carbonyl (C=O) groups is 2. The van der Waals surface area contributed by atoms with E-state index in [1.54, 1.807) is 26.0 Å². The zero-order valence-corrected chi connectivity index (χ0v) is 17.5. The molecule has 2 aromatic carbocycles. The molecule has 0 aromatic heterocycles. The summed E-state index contributed by atoms with van der Waals surface area (Å²) in [5, 5.41) is 10.3. The summed E-state index contributed by atoms with van der Waals surface area (Å²) in [6.45, 7) is 7.50. The molecule has 0 heterocycles. The van der Waals surface area contributed by atoms with E-state index in [0.717, 1.165) is 17.5 Å². The van der Waals surface area contributed by atoms with Crippen molar-refractivity contribution in [3.63, 3.8) is 0 Å². The summed E-state index contributed by atoms with van der Waals surface area (Å²) < 4.78 is 10.9. The molecule has 0 unspecified atom stereocenters. The van der Waals surface area contributed by atoms with Crippen LogP contribution in [0.4, 0.5) is 4.79 Å². The van der Waals surface area contributed by atoms with Crippen molar-refractivity contribution in [1.82, 2.24) is 0 Å². The van der Waals surface area contributed by atoms with Crippen molar-refractivity contribution in [3.8, 4) is 11.5 Å². The first-order valence-corrected chi connectivity index (χ1v) is 9.67. The van der Waals surface area contributed by atoms with Crippen LogP contribution in [0.25, 0.3) is 0 Å². The topological polar surface area (TPSA) is 98.9 Å². The lowest BCUT2D eigenvalue weighted by Gasteiger charge is -2.23. The van der Waals surface area contributed by atoms with Gasteiger partial charge in [0.25, 0.3) is 0 Å². The van der Waals surface area contributed by atoms with E-state index in [1.807, 2.05) is 38.1 Å². The SMILES string of the molecule is CCC(=O)c1ccc(OCc2ccc(CCC(C)(C)OC(N)=O)cc2)c(C)c1O. The van der Waals surface area contributed by atoms with Crippen LogP contribution in [0.5, 0.6) is 11.5 Å². The Kier molecular flexibility index (Phi) is 7.26. The number of phenols is 1. The molecule has 156 valence electrons. The van der Waals surface area contributed by atoms with E-state index < -0.39 is 11.7 Å². The van der Waals surface area contributed by atoms with Crippen molar-refractivity contribution in [1.29, 1.82) is 0 Å². The van der Waals surface area contributed by atoms with Gasteiger partial charge in [-0.2, -0.15) is 0 Å². The Labute approximate surface area is 171 Å². The third-order valence-electron chi connectivity index (χ3n) is 4.81. The molecule has 6 nitrogen and oxygen atoms in total. The Balaban J connectivity index is 1.96. The van der Waals surface area contributed by atoms with Crippen molar-refractivity contribution in [2.75, 3.05) is 0 Å². The van der Waals surface area contributed by atoms with E-state index in [1.165, 1.54) is 0 Å². The summed E-state index contributed by atoms with van der Waals surface area (Å²) in [5.41, 5.74) is 7.45. The molecule has 2 aromatic rings. The molecular weight excluding hydrogens is 370 g/mol. The quantitative estimate of drug-likeness (QED) is 0.597. The molecule has 0 radical (unpaired) electrons. The Bertz CT molecular complexity index is 872. The Hall–Kier alpha value is -3.02. The molecule has 29 heavy (non-hydrogen) atoms. The number of aryl methyl sites for hydroxylation is 1. The summed E-state index contributed by atoms with van der Waals surface area (Å²) in [5.74, 6) is 0.423. The number of benzene rings is 2. The average Bonchev–Trinajstić information content (AvgIpc) is 2.67. The third-order valence-corrected chi connectivity index (χ3v) is 4.81. The smallest absolute Gasteiger partial charge is 0.405 e. The van der Waals surface area contributed by atoms with Gasteiger partial charge in [0.05, 0.1) is 5.56 Å². The number of amides is 1. The first-order valence-electron chi connectivity index (χ1n) is 9.67. The van der Waals surface area contributed by atoms with Crippen LogP contribution in [0.3, 0.4) is 0 Å². The summed E-state index contributed by atoms with van der Waals surface area (Å²) in [6.07, 6.45) is 0.982. The van der Waals surface area contributed by atoms with Crippen LogP contribution < -0.4 is 10.5 Å². The van der Waals surface area contributed by atoms with Crippen LogP contribution in [-0.4, -0.2) is 22.6 Å². The van der Waals surface area contributed by atoms with Crippen molar-refractivity contribution in [2.45, 2.75) is 59.2 Å². The maximum Gasteiger partial charge on any atom is 0.405 e. The van der Waals surface area contributed by atoms with Gasteiger partial charge in [-0.3, -0.25) is 4.79 Å². The second-order valence-corrected chi connectivity index (χ2v) is 7.65. The van der Waals surface area contributed by atoms with Crippen LogP contribution in [0, 0.1) is 6.92 Å². The zero-order valence-electron chi connectivity index (χ0n) is 17.5. The molecule has 0 aliphatic rings. The van der Waals surface area contributed by atoms with Crippen molar-refractivity contribution < 1.29 is 24.2 Å². The van der Waals surface area contributed by atoms with Crippen molar-refractivity contribution >= 4 is 11.9 Å². The predicted molar refractivity (Wildman–Crippen MR) is 111 cm³/mol.